The normalized spacial score (nSPS) is 23.8. The molecule has 1 aromatic heterocycles. The van der Waals surface area contributed by atoms with E-state index in [-0.39, 0.29) is 0 Å². The van der Waals surface area contributed by atoms with Gasteiger partial charge in [0.15, 0.2) is 5.75 Å². The molecular weight excluding hydrogens is 240 g/mol. The molecule has 2 rings (SSSR count). The van der Waals surface area contributed by atoms with Crippen LogP contribution in [0.2, 0.25) is 0 Å². The summed E-state index contributed by atoms with van der Waals surface area (Å²) in [6, 6.07) is 0.371. The molecule has 1 saturated heterocycles. The minimum absolute atomic E-state index is 0.371. The quantitative estimate of drug-likeness (QED) is 0.877. The highest BCUT2D eigenvalue weighted by Gasteiger charge is 2.25. The van der Waals surface area contributed by atoms with Gasteiger partial charge in [0.2, 0.25) is 0 Å². The van der Waals surface area contributed by atoms with Crippen LogP contribution >= 0.6 is 0 Å². The molecule has 0 amide bonds. The fourth-order valence-electron chi connectivity index (χ4n) is 2.59. The van der Waals surface area contributed by atoms with Crippen molar-refractivity contribution in [2.75, 3.05) is 34.3 Å². The Kier molecular flexibility index (Phi) is 4.82. The maximum atomic E-state index is 5.48. The van der Waals surface area contributed by atoms with E-state index < -0.39 is 0 Å². The lowest BCUT2D eigenvalue weighted by Crippen LogP contribution is -2.34. The molecule has 0 spiro atoms. The minimum Gasteiger partial charge on any atom is -0.493 e. The molecule has 1 N–H and O–H groups in total. The molecular formula is C14H26N4O. The molecule has 0 saturated carbocycles. The fourth-order valence-corrected chi connectivity index (χ4v) is 2.59. The Morgan fingerprint density at radius 1 is 1.47 bits per heavy atom. The van der Waals surface area contributed by atoms with E-state index >= 15 is 0 Å². The predicted molar refractivity (Wildman–Crippen MR) is 76.5 cm³/mol. The average Bonchev–Trinajstić information content (AvgIpc) is 2.80. The lowest BCUT2D eigenvalue weighted by atomic mass is 9.94. The third kappa shape index (κ3) is 3.48. The van der Waals surface area contributed by atoms with Gasteiger partial charge in [-0.1, -0.05) is 6.92 Å². The second kappa shape index (κ2) is 6.39. The van der Waals surface area contributed by atoms with Crippen molar-refractivity contribution in [1.82, 2.24) is 20.0 Å². The lowest BCUT2D eigenvalue weighted by Gasteiger charge is -2.29. The highest BCUT2D eigenvalue weighted by Crippen LogP contribution is 2.31. The first-order valence-electron chi connectivity index (χ1n) is 7.09. The zero-order valence-electron chi connectivity index (χ0n) is 12.5. The van der Waals surface area contributed by atoms with Gasteiger partial charge in [-0.3, -0.25) is 4.68 Å². The van der Waals surface area contributed by atoms with Crippen LogP contribution in [0.3, 0.4) is 0 Å². The molecule has 5 heteroatoms. The summed E-state index contributed by atoms with van der Waals surface area (Å²) >= 11 is 0. The molecule has 0 radical (unpaired) electrons. The van der Waals surface area contributed by atoms with Crippen molar-refractivity contribution in [2.24, 2.45) is 5.92 Å². The van der Waals surface area contributed by atoms with E-state index in [0.29, 0.717) is 6.04 Å². The number of methoxy groups -OCH3 is 1. The van der Waals surface area contributed by atoms with Crippen molar-refractivity contribution < 1.29 is 4.74 Å². The van der Waals surface area contributed by atoms with E-state index in [0.717, 1.165) is 37.7 Å². The van der Waals surface area contributed by atoms with Crippen molar-refractivity contribution >= 4 is 0 Å². The molecule has 5 nitrogen and oxygen atoms in total. The van der Waals surface area contributed by atoms with Gasteiger partial charge in [0, 0.05) is 6.54 Å². The van der Waals surface area contributed by atoms with Crippen molar-refractivity contribution in [2.45, 2.75) is 32.4 Å². The number of aromatic nitrogens is 2. The number of rotatable bonds is 5. The lowest BCUT2D eigenvalue weighted by molar-refractivity contribution is 0.301. The van der Waals surface area contributed by atoms with Gasteiger partial charge in [0.25, 0.3) is 0 Å². The Hall–Kier alpha value is -1.07. The first kappa shape index (κ1) is 14.3. The van der Waals surface area contributed by atoms with Gasteiger partial charge in [-0.2, -0.15) is 5.10 Å². The van der Waals surface area contributed by atoms with Crippen LogP contribution in [-0.2, 0) is 6.54 Å². The van der Waals surface area contributed by atoms with E-state index in [9.17, 15) is 0 Å². The van der Waals surface area contributed by atoms with E-state index in [2.05, 4.69) is 41.0 Å². The summed E-state index contributed by atoms with van der Waals surface area (Å²) in [6.45, 7) is 5.26. The van der Waals surface area contributed by atoms with Crippen LogP contribution in [0.15, 0.2) is 6.20 Å². The van der Waals surface area contributed by atoms with Crippen molar-refractivity contribution in [3.63, 3.8) is 0 Å². The Morgan fingerprint density at radius 2 is 2.26 bits per heavy atom. The second-order valence-corrected chi connectivity index (χ2v) is 5.77. The number of hydrogen-bond donors (Lipinski definition) is 1. The maximum Gasteiger partial charge on any atom is 0.161 e. The van der Waals surface area contributed by atoms with Crippen LogP contribution in [0.4, 0.5) is 0 Å². The van der Waals surface area contributed by atoms with Gasteiger partial charge in [0.05, 0.1) is 31.6 Å². The van der Waals surface area contributed by atoms with E-state index in [1.807, 2.05) is 6.20 Å². The summed E-state index contributed by atoms with van der Waals surface area (Å²) in [5.74, 6) is 1.67. The van der Waals surface area contributed by atoms with Crippen LogP contribution in [0, 0.1) is 5.92 Å². The summed E-state index contributed by atoms with van der Waals surface area (Å²) in [6.07, 6.45) is 4.26. The van der Waals surface area contributed by atoms with Crippen LogP contribution in [0.25, 0.3) is 0 Å². The second-order valence-electron chi connectivity index (χ2n) is 5.77. The summed E-state index contributed by atoms with van der Waals surface area (Å²) in [4.78, 5) is 2.17. The summed E-state index contributed by atoms with van der Waals surface area (Å²) in [7, 11) is 5.89. The Bertz CT molecular complexity index is 394. The maximum absolute atomic E-state index is 5.48. The smallest absolute Gasteiger partial charge is 0.161 e. The third-order valence-corrected chi connectivity index (χ3v) is 3.81. The highest BCUT2D eigenvalue weighted by molar-refractivity contribution is 5.28. The number of nitrogens with zero attached hydrogens (tertiary/aromatic N) is 3. The molecule has 1 aliphatic heterocycles. The Morgan fingerprint density at radius 3 is 2.84 bits per heavy atom. The van der Waals surface area contributed by atoms with Crippen molar-refractivity contribution in [3.05, 3.63) is 11.9 Å². The molecule has 2 heterocycles. The van der Waals surface area contributed by atoms with Crippen LogP contribution in [0.5, 0.6) is 5.75 Å². The molecule has 0 aromatic carbocycles. The molecule has 1 aromatic rings. The Labute approximate surface area is 115 Å². The topological polar surface area (TPSA) is 42.3 Å². The monoisotopic (exact) mass is 266 g/mol. The number of hydrogen-bond acceptors (Lipinski definition) is 4. The van der Waals surface area contributed by atoms with Gasteiger partial charge in [-0.25, -0.2) is 0 Å². The SMILES string of the molecule is COc1cnn(CCN(C)C)c1C1CCC(C)CN1. The first-order valence-corrected chi connectivity index (χ1v) is 7.09. The number of piperidine rings is 1. The number of ether oxygens (including phenoxy) is 1. The summed E-state index contributed by atoms with van der Waals surface area (Å²) in [5.41, 5.74) is 1.20. The van der Waals surface area contributed by atoms with Gasteiger partial charge >= 0.3 is 0 Å². The van der Waals surface area contributed by atoms with E-state index in [4.69, 9.17) is 4.74 Å². The first-order chi connectivity index (χ1) is 9.11. The highest BCUT2D eigenvalue weighted by atomic mass is 16.5. The van der Waals surface area contributed by atoms with E-state index in [1.165, 1.54) is 12.1 Å². The summed E-state index contributed by atoms with van der Waals surface area (Å²) in [5, 5.41) is 8.10. The molecule has 0 aliphatic carbocycles. The number of likely N-dealkylation sites (N-methyl/N-ethyl adjacent to an activating group) is 1. The zero-order valence-corrected chi connectivity index (χ0v) is 12.5. The zero-order chi connectivity index (χ0) is 13.8. The van der Waals surface area contributed by atoms with Gasteiger partial charge in [-0.05, 0) is 39.4 Å². The van der Waals surface area contributed by atoms with E-state index in [1.54, 1.807) is 7.11 Å². The van der Waals surface area contributed by atoms with Crippen LogP contribution < -0.4 is 10.1 Å². The standard InChI is InChI=1S/C14H26N4O/c1-11-5-6-12(15-9-11)14-13(19-4)10-16-18(14)8-7-17(2)3/h10-12,15H,5-9H2,1-4H3. The molecule has 2 unspecified atom stereocenters. The predicted octanol–water partition coefficient (Wildman–Crippen LogP) is 1.51. The minimum atomic E-state index is 0.371. The van der Waals surface area contributed by atoms with Crippen LogP contribution in [0.1, 0.15) is 31.5 Å². The Balaban J connectivity index is 2.14. The van der Waals surface area contributed by atoms with Gasteiger partial charge in [-0.15, -0.1) is 0 Å². The largest absolute Gasteiger partial charge is 0.493 e. The molecule has 108 valence electrons. The average molecular weight is 266 g/mol. The fraction of sp³-hybridized carbons (Fsp3) is 0.786. The molecule has 1 fully saturated rings. The van der Waals surface area contributed by atoms with Gasteiger partial charge < -0.3 is 15.0 Å². The molecule has 19 heavy (non-hydrogen) atoms. The van der Waals surface area contributed by atoms with Crippen molar-refractivity contribution in [1.29, 1.82) is 0 Å². The molecule has 0 bridgehead atoms. The molecule has 1 aliphatic rings. The number of nitrogens with one attached hydrogen (secondary N) is 1. The summed E-state index contributed by atoms with van der Waals surface area (Å²) < 4.78 is 7.57. The third-order valence-electron chi connectivity index (χ3n) is 3.81. The van der Waals surface area contributed by atoms with Crippen molar-refractivity contribution in [3.8, 4) is 5.75 Å². The van der Waals surface area contributed by atoms with Crippen LogP contribution in [-0.4, -0.2) is 49.0 Å². The van der Waals surface area contributed by atoms with Gasteiger partial charge in [0.1, 0.15) is 0 Å². The molecule has 2 atom stereocenters.